The van der Waals surface area contributed by atoms with E-state index in [1.807, 2.05) is 19.0 Å². The number of aromatic carboxylic acids is 1. The molecular formula is C11H18N4O3. The molecule has 0 saturated heterocycles. The first kappa shape index (κ1) is 14.3. The maximum absolute atomic E-state index is 10.6. The Morgan fingerprint density at radius 1 is 1.44 bits per heavy atom. The molecule has 0 aliphatic rings. The molecule has 1 atom stereocenters. The van der Waals surface area contributed by atoms with Crippen molar-refractivity contribution >= 4 is 11.8 Å². The number of aromatic nitrogens is 2. The van der Waals surface area contributed by atoms with Crippen LogP contribution in [0.4, 0.5) is 5.82 Å². The van der Waals surface area contributed by atoms with Crippen LogP contribution in [0.5, 0.6) is 0 Å². The summed E-state index contributed by atoms with van der Waals surface area (Å²) in [6, 6.07) is 0. The molecule has 100 valence electrons. The topological polar surface area (TPSA) is 98.6 Å². The molecule has 0 bridgehead atoms. The minimum absolute atomic E-state index is 0.111. The number of hydrogen-bond acceptors (Lipinski definition) is 6. The maximum Gasteiger partial charge on any atom is 0.356 e. The summed E-state index contributed by atoms with van der Waals surface area (Å²) in [4.78, 5) is 20.1. The van der Waals surface area contributed by atoms with E-state index in [4.69, 9.17) is 5.11 Å². The molecule has 7 heteroatoms. The second-order valence-corrected chi connectivity index (χ2v) is 4.68. The minimum atomic E-state index is -1.12. The number of carboxylic acid groups (broad SMARTS) is 1. The van der Waals surface area contributed by atoms with Gasteiger partial charge in [-0.25, -0.2) is 14.8 Å². The molecule has 0 radical (unpaired) electrons. The van der Waals surface area contributed by atoms with Gasteiger partial charge in [0.05, 0.1) is 18.0 Å². The zero-order chi connectivity index (χ0) is 13.8. The summed E-state index contributed by atoms with van der Waals surface area (Å²) in [6.07, 6.45) is 2.50. The summed E-state index contributed by atoms with van der Waals surface area (Å²) < 4.78 is 0. The van der Waals surface area contributed by atoms with Crippen LogP contribution in [0.3, 0.4) is 0 Å². The summed E-state index contributed by atoms with van der Waals surface area (Å²) in [5.74, 6) is -0.687. The highest BCUT2D eigenvalue weighted by molar-refractivity contribution is 5.84. The van der Waals surface area contributed by atoms with E-state index in [0.29, 0.717) is 18.9 Å². The highest BCUT2D eigenvalue weighted by Gasteiger charge is 2.21. The molecule has 1 aromatic heterocycles. The molecule has 7 nitrogen and oxygen atoms in total. The van der Waals surface area contributed by atoms with Crippen molar-refractivity contribution in [2.24, 2.45) is 0 Å². The number of nitrogens with zero attached hydrogens (tertiary/aromatic N) is 3. The summed E-state index contributed by atoms with van der Waals surface area (Å²) >= 11 is 0. The average molecular weight is 254 g/mol. The normalized spacial score (nSPS) is 14.3. The number of hydrogen-bond donors (Lipinski definition) is 3. The number of aliphatic hydroxyl groups is 1. The zero-order valence-corrected chi connectivity index (χ0v) is 10.7. The molecule has 1 aromatic rings. The van der Waals surface area contributed by atoms with Gasteiger partial charge in [0.1, 0.15) is 5.82 Å². The number of rotatable bonds is 6. The number of carbonyl (C=O) groups is 1. The third-order valence-electron chi connectivity index (χ3n) is 2.18. The molecule has 0 amide bonds. The summed E-state index contributed by atoms with van der Waals surface area (Å²) in [7, 11) is 3.74. The quantitative estimate of drug-likeness (QED) is 0.652. The van der Waals surface area contributed by atoms with Gasteiger partial charge in [-0.05, 0) is 21.0 Å². The van der Waals surface area contributed by atoms with Gasteiger partial charge in [0.25, 0.3) is 0 Å². The predicted octanol–water partition coefficient (Wildman–Crippen LogP) is -0.101. The zero-order valence-electron chi connectivity index (χ0n) is 10.7. The second kappa shape index (κ2) is 5.74. The molecule has 18 heavy (non-hydrogen) atoms. The van der Waals surface area contributed by atoms with Crippen molar-refractivity contribution in [2.45, 2.75) is 12.5 Å². The van der Waals surface area contributed by atoms with Crippen LogP contribution in [0.2, 0.25) is 0 Å². The molecule has 1 heterocycles. The van der Waals surface area contributed by atoms with E-state index in [9.17, 15) is 9.90 Å². The predicted molar refractivity (Wildman–Crippen MR) is 66.7 cm³/mol. The summed E-state index contributed by atoms with van der Waals surface area (Å²) in [6.45, 7) is 2.51. The van der Waals surface area contributed by atoms with Crippen molar-refractivity contribution in [1.82, 2.24) is 14.9 Å². The van der Waals surface area contributed by atoms with Gasteiger partial charge < -0.3 is 20.4 Å². The van der Waals surface area contributed by atoms with Gasteiger partial charge in [-0.1, -0.05) is 0 Å². The van der Waals surface area contributed by atoms with Crippen LogP contribution in [0, 0.1) is 0 Å². The Balaban J connectivity index is 2.55. The fourth-order valence-electron chi connectivity index (χ4n) is 1.55. The van der Waals surface area contributed by atoms with Crippen LogP contribution in [-0.2, 0) is 0 Å². The molecular weight excluding hydrogens is 236 g/mol. The van der Waals surface area contributed by atoms with Crippen LogP contribution in [0.15, 0.2) is 12.4 Å². The molecule has 0 aliphatic carbocycles. The highest BCUT2D eigenvalue weighted by atomic mass is 16.4. The smallest absolute Gasteiger partial charge is 0.356 e. The molecule has 1 rings (SSSR count). The average Bonchev–Trinajstić information content (AvgIpc) is 2.25. The monoisotopic (exact) mass is 254 g/mol. The van der Waals surface area contributed by atoms with Gasteiger partial charge in [-0.3, -0.25) is 0 Å². The standard InChI is InChI=1S/C11H18N4O3/c1-11(18,7-15(2)3)6-14-9-5-12-8(4-13-9)10(16)17/h4-5,18H,6-7H2,1-3H3,(H,13,14)(H,16,17). The van der Waals surface area contributed by atoms with Crippen LogP contribution in [0.25, 0.3) is 0 Å². The second-order valence-electron chi connectivity index (χ2n) is 4.68. The number of anilines is 1. The Morgan fingerprint density at radius 3 is 2.56 bits per heavy atom. The van der Waals surface area contributed by atoms with Gasteiger partial charge >= 0.3 is 5.97 Å². The Hall–Kier alpha value is -1.73. The number of nitrogens with one attached hydrogen (secondary N) is 1. The summed E-state index contributed by atoms with van der Waals surface area (Å²) in [5.41, 5.74) is -1.02. The highest BCUT2D eigenvalue weighted by Crippen LogP contribution is 2.07. The van der Waals surface area contributed by atoms with Gasteiger partial charge in [-0.2, -0.15) is 0 Å². The van der Waals surface area contributed by atoms with E-state index in [0.717, 1.165) is 0 Å². The Labute approximate surface area is 105 Å². The minimum Gasteiger partial charge on any atom is -0.476 e. The Morgan fingerprint density at radius 2 is 2.11 bits per heavy atom. The Kier molecular flexibility index (Phi) is 4.57. The lowest BCUT2D eigenvalue weighted by Gasteiger charge is -2.27. The van der Waals surface area contributed by atoms with Crippen molar-refractivity contribution in [3.05, 3.63) is 18.1 Å². The lowest BCUT2D eigenvalue weighted by molar-refractivity contribution is 0.0458. The fraction of sp³-hybridized carbons (Fsp3) is 0.545. The third-order valence-corrected chi connectivity index (χ3v) is 2.18. The Bertz CT molecular complexity index is 403. The number of likely N-dealkylation sites (N-methyl/N-ethyl adjacent to an activating group) is 1. The van der Waals surface area contributed by atoms with E-state index < -0.39 is 11.6 Å². The van der Waals surface area contributed by atoms with Crippen molar-refractivity contribution in [2.75, 3.05) is 32.5 Å². The van der Waals surface area contributed by atoms with Gasteiger partial charge in [0, 0.05) is 13.1 Å². The first-order valence-corrected chi connectivity index (χ1v) is 5.46. The van der Waals surface area contributed by atoms with Crippen molar-refractivity contribution in [3.8, 4) is 0 Å². The molecule has 0 fully saturated rings. The molecule has 3 N–H and O–H groups in total. The lowest BCUT2D eigenvalue weighted by atomic mass is 10.1. The molecule has 0 aliphatic heterocycles. The molecule has 0 saturated carbocycles. The lowest BCUT2D eigenvalue weighted by Crippen LogP contribution is -2.43. The molecule has 0 spiro atoms. The van der Waals surface area contributed by atoms with Crippen molar-refractivity contribution in [1.29, 1.82) is 0 Å². The van der Waals surface area contributed by atoms with Crippen molar-refractivity contribution in [3.63, 3.8) is 0 Å². The van der Waals surface area contributed by atoms with E-state index >= 15 is 0 Å². The van der Waals surface area contributed by atoms with Gasteiger partial charge in [-0.15, -0.1) is 0 Å². The summed E-state index contributed by atoms with van der Waals surface area (Å²) in [5, 5.41) is 21.6. The first-order chi connectivity index (χ1) is 8.30. The molecule has 1 unspecified atom stereocenters. The largest absolute Gasteiger partial charge is 0.476 e. The van der Waals surface area contributed by atoms with Crippen LogP contribution in [-0.4, -0.2) is 63.8 Å². The first-order valence-electron chi connectivity index (χ1n) is 5.46. The van der Waals surface area contributed by atoms with Crippen LogP contribution < -0.4 is 5.32 Å². The molecule has 0 aromatic carbocycles. The fourth-order valence-corrected chi connectivity index (χ4v) is 1.55. The third kappa shape index (κ3) is 4.64. The van der Waals surface area contributed by atoms with E-state index in [1.54, 1.807) is 6.92 Å². The van der Waals surface area contributed by atoms with Gasteiger partial charge in [0.15, 0.2) is 5.69 Å². The van der Waals surface area contributed by atoms with E-state index in [-0.39, 0.29) is 5.69 Å². The number of carboxylic acids is 1. The van der Waals surface area contributed by atoms with Gasteiger partial charge in [0.2, 0.25) is 0 Å². The van der Waals surface area contributed by atoms with Crippen molar-refractivity contribution < 1.29 is 15.0 Å². The van der Waals surface area contributed by atoms with E-state index in [2.05, 4.69) is 15.3 Å². The van der Waals surface area contributed by atoms with Crippen LogP contribution in [0.1, 0.15) is 17.4 Å². The maximum atomic E-state index is 10.6. The SMILES string of the molecule is CN(C)CC(C)(O)CNc1cnc(C(=O)O)cn1. The van der Waals surface area contributed by atoms with Crippen LogP contribution >= 0.6 is 0 Å². The van der Waals surface area contributed by atoms with E-state index in [1.165, 1.54) is 12.4 Å².